The van der Waals surface area contributed by atoms with E-state index >= 15 is 0 Å². The van der Waals surface area contributed by atoms with Crippen LogP contribution >= 0.6 is 11.3 Å². The average molecular weight is 282 g/mol. The van der Waals surface area contributed by atoms with Crippen molar-refractivity contribution in [2.75, 3.05) is 30.3 Å². The van der Waals surface area contributed by atoms with Crippen molar-refractivity contribution < 1.29 is 9.59 Å². The Kier molecular flexibility index (Phi) is 3.94. The van der Waals surface area contributed by atoms with Crippen molar-refractivity contribution in [3.63, 3.8) is 0 Å². The fourth-order valence-electron chi connectivity index (χ4n) is 2.22. The van der Waals surface area contributed by atoms with Gasteiger partial charge in [0.2, 0.25) is 0 Å². The number of nitrogens with zero attached hydrogens (tertiary/aromatic N) is 1. The van der Waals surface area contributed by atoms with Gasteiger partial charge >= 0.3 is 0 Å². The third kappa shape index (κ3) is 2.51. The fraction of sp³-hybridized carbons (Fsp3) is 0.500. The van der Waals surface area contributed by atoms with E-state index in [4.69, 9.17) is 11.5 Å². The number of anilines is 2. The van der Waals surface area contributed by atoms with Crippen LogP contribution in [0.15, 0.2) is 0 Å². The summed E-state index contributed by atoms with van der Waals surface area (Å²) in [6.07, 6.45) is 2.15. The molecule has 7 heteroatoms. The number of hydrogen-bond acceptors (Lipinski definition) is 5. The summed E-state index contributed by atoms with van der Waals surface area (Å²) in [5.41, 5.74) is 11.8. The molecule has 6 nitrogen and oxygen atoms in total. The Morgan fingerprint density at radius 3 is 2.53 bits per heavy atom. The minimum atomic E-state index is -0.578. The first kappa shape index (κ1) is 13.7. The van der Waals surface area contributed by atoms with Gasteiger partial charge in [0, 0.05) is 19.6 Å². The number of nitrogens with one attached hydrogen (secondary N) is 1. The van der Waals surface area contributed by atoms with Crippen LogP contribution in [0.25, 0.3) is 0 Å². The second-order valence-electron chi connectivity index (χ2n) is 4.44. The lowest BCUT2D eigenvalue weighted by Crippen LogP contribution is -2.23. The number of carbonyl (C=O) groups excluding carboxylic acids is 2. The predicted octanol–water partition coefficient (Wildman–Crippen LogP) is 0.779. The summed E-state index contributed by atoms with van der Waals surface area (Å²) in [6.45, 7) is 4.09. The molecule has 5 N–H and O–H groups in total. The van der Waals surface area contributed by atoms with Crippen molar-refractivity contribution in [3.05, 3.63) is 10.4 Å². The Morgan fingerprint density at radius 1 is 1.37 bits per heavy atom. The van der Waals surface area contributed by atoms with E-state index in [2.05, 4.69) is 10.2 Å². The van der Waals surface area contributed by atoms with Gasteiger partial charge in [-0.15, -0.1) is 11.3 Å². The quantitative estimate of drug-likeness (QED) is 0.759. The number of thiophene rings is 1. The molecule has 2 rings (SSSR count). The molecule has 0 atom stereocenters. The lowest BCUT2D eigenvalue weighted by atomic mass is 10.2. The largest absolute Gasteiger partial charge is 0.397 e. The van der Waals surface area contributed by atoms with Crippen LogP contribution in [-0.2, 0) is 0 Å². The Labute approximate surface area is 115 Å². The number of nitrogen functional groups attached to an aromatic ring is 1. The molecule has 2 heterocycles. The maximum absolute atomic E-state index is 11.9. The molecule has 104 valence electrons. The fourth-order valence-corrected chi connectivity index (χ4v) is 3.42. The molecule has 0 aromatic carbocycles. The highest BCUT2D eigenvalue weighted by atomic mass is 32.1. The summed E-state index contributed by atoms with van der Waals surface area (Å²) in [6, 6.07) is 0. The molecule has 0 spiro atoms. The molecule has 0 saturated carbocycles. The predicted molar refractivity (Wildman–Crippen MR) is 76.7 cm³/mol. The highest BCUT2D eigenvalue weighted by Crippen LogP contribution is 2.39. The molecule has 1 aromatic heterocycles. The molecule has 1 saturated heterocycles. The molecule has 0 bridgehead atoms. The molecule has 1 fully saturated rings. The van der Waals surface area contributed by atoms with Gasteiger partial charge in [-0.3, -0.25) is 9.59 Å². The van der Waals surface area contributed by atoms with Crippen LogP contribution in [0.2, 0.25) is 0 Å². The van der Waals surface area contributed by atoms with Gasteiger partial charge < -0.3 is 21.7 Å². The van der Waals surface area contributed by atoms with Crippen LogP contribution < -0.4 is 21.7 Å². The molecule has 19 heavy (non-hydrogen) atoms. The number of hydrogen-bond donors (Lipinski definition) is 3. The van der Waals surface area contributed by atoms with Crippen LogP contribution in [-0.4, -0.2) is 31.4 Å². The van der Waals surface area contributed by atoms with Crippen LogP contribution in [0.1, 0.15) is 39.8 Å². The maximum Gasteiger partial charge on any atom is 0.263 e. The zero-order valence-corrected chi connectivity index (χ0v) is 11.7. The molecule has 1 aromatic rings. The van der Waals surface area contributed by atoms with Crippen molar-refractivity contribution in [2.45, 2.75) is 19.8 Å². The maximum atomic E-state index is 11.9. The molecule has 1 aliphatic rings. The molecule has 2 amide bonds. The van der Waals surface area contributed by atoms with Gasteiger partial charge in [-0.1, -0.05) is 0 Å². The molecule has 1 aliphatic heterocycles. The van der Waals surface area contributed by atoms with Crippen LogP contribution in [0, 0.1) is 0 Å². The number of amides is 2. The van der Waals surface area contributed by atoms with E-state index in [1.54, 1.807) is 0 Å². The highest BCUT2D eigenvalue weighted by Gasteiger charge is 2.28. The van der Waals surface area contributed by atoms with Crippen LogP contribution in [0.3, 0.4) is 0 Å². The van der Waals surface area contributed by atoms with E-state index in [1.807, 2.05) is 6.92 Å². The van der Waals surface area contributed by atoms with Crippen molar-refractivity contribution in [1.82, 2.24) is 5.32 Å². The first-order valence-electron chi connectivity index (χ1n) is 6.31. The van der Waals surface area contributed by atoms with E-state index in [1.165, 1.54) is 11.3 Å². The third-order valence-electron chi connectivity index (χ3n) is 3.11. The summed E-state index contributed by atoms with van der Waals surface area (Å²) >= 11 is 1.25. The van der Waals surface area contributed by atoms with E-state index in [9.17, 15) is 9.59 Å². The Hall–Kier alpha value is -1.76. The topological polar surface area (TPSA) is 101 Å². The Balaban J connectivity index is 2.44. The second kappa shape index (κ2) is 5.48. The zero-order valence-electron chi connectivity index (χ0n) is 10.9. The Bertz CT molecular complexity index is 506. The summed E-state index contributed by atoms with van der Waals surface area (Å²) < 4.78 is 0. The smallest absolute Gasteiger partial charge is 0.263 e. The zero-order chi connectivity index (χ0) is 14.0. The van der Waals surface area contributed by atoms with E-state index < -0.39 is 5.91 Å². The first-order valence-corrected chi connectivity index (χ1v) is 7.13. The van der Waals surface area contributed by atoms with Crippen LogP contribution in [0.4, 0.5) is 10.7 Å². The third-order valence-corrected chi connectivity index (χ3v) is 4.37. The van der Waals surface area contributed by atoms with Gasteiger partial charge in [0.1, 0.15) is 9.88 Å². The second-order valence-corrected chi connectivity index (χ2v) is 5.44. The normalized spacial score (nSPS) is 14.7. The summed E-state index contributed by atoms with van der Waals surface area (Å²) in [5.74, 6) is -0.829. The van der Waals surface area contributed by atoms with Crippen molar-refractivity contribution in [2.24, 2.45) is 5.73 Å². The van der Waals surface area contributed by atoms with Gasteiger partial charge in [0.05, 0.1) is 11.3 Å². The molecule has 0 unspecified atom stereocenters. The first-order chi connectivity index (χ1) is 9.06. The van der Waals surface area contributed by atoms with Gasteiger partial charge in [-0.25, -0.2) is 0 Å². The van der Waals surface area contributed by atoms with Gasteiger partial charge in [-0.05, 0) is 19.8 Å². The van der Waals surface area contributed by atoms with Crippen LogP contribution in [0.5, 0.6) is 0 Å². The number of carbonyl (C=O) groups is 2. The highest BCUT2D eigenvalue weighted by molar-refractivity contribution is 7.19. The monoisotopic (exact) mass is 282 g/mol. The standard InChI is InChI=1S/C12H18N4O2S/c1-2-15-11(18)9-8(13)7(10(14)17)12(19-9)16-5-3-4-6-16/h2-6,13H2,1H3,(H2,14,17)(H,15,18). The van der Waals surface area contributed by atoms with Gasteiger partial charge in [0.15, 0.2) is 0 Å². The minimum absolute atomic E-state index is 0.199. The Morgan fingerprint density at radius 2 is 2.00 bits per heavy atom. The molecule has 0 aliphatic carbocycles. The van der Waals surface area contributed by atoms with E-state index in [-0.39, 0.29) is 17.2 Å². The molecule has 0 radical (unpaired) electrons. The van der Waals surface area contributed by atoms with E-state index in [0.717, 1.165) is 30.9 Å². The number of nitrogens with two attached hydrogens (primary N) is 2. The lowest BCUT2D eigenvalue weighted by molar-refractivity contribution is 0.0960. The van der Waals surface area contributed by atoms with E-state index in [0.29, 0.717) is 11.4 Å². The summed E-state index contributed by atoms with van der Waals surface area (Å²) in [4.78, 5) is 25.9. The number of primary amides is 1. The SMILES string of the molecule is CCNC(=O)c1sc(N2CCCC2)c(C(N)=O)c1N. The minimum Gasteiger partial charge on any atom is -0.397 e. The van der Waals surface area contributed by atoms with Crippen molar-refractivity contribution >= 4 is 33.8 Å². The number of rotatable bonds is 4. The summed E-state index contributed by atoms with van der Waals surface area (Å²) in [7, 11) is 0. The van der Waals surface area contributed by atoms with Crippen molar-refractivity contribution in [1.29, 1.82) is 0 Å². The van der Waals surface area contributed by atoms with Crippen molar-refractivity contribution in [3.8, 4) is 0 Å². The van der Waals surface area contributed by atoms with Gasteiger partial charge in [-0.2, -0.15) is 0 Å². The van der Waals surface area contributed by atoms with Gasteiger partial charge in [0.25, 0.3) is 11.8 Å². The summed E-state index contributed by atoms with van der Waals surface area (Å²) in [5, 5.41) is 3.42. The molecular weight excluding hydrogens is 264 g/mol. The lowest BCUT2D eigenvalue weighted by Gasteiger charge is -2.16. The molecular formula is C12H18N4O2S. The average Bonchev–Trinajstić information content (AvgIpc) is 2.95.